The molecule has 18 heavy (non-hydrogen) atoms. The van der Waals surface area contributed by atoms with E-state index < -0.39 is 0 Å². The molecule has 0 spiro atoms. The first-order valence-corrected chi connectivity index (χ1v) is 5.97. The molecule has 1 atom stereocenters. The van der Waals surface area contributed by atoms with Crippen LogP contribution in [-0.2, 0) is 0 Å². The third kappa shape index (κ3) is 2.92. The van der Waals surface area contributed by atoms with Gasteiger partial charge in [0.15, 0.2) is 0 Å². The summed E-state index contributed by atoms with van der Waals surface area (Å²) in [5.41, 5.74) is 7.44. The van der Waals surface area contributed by atoms with Crippen molar-refractivity contribution >= 4 is 0 Å². The summed E-state index contributed by atoms with van der Waals surface area (Å²) in [5.74, 6) is 0.863. The minimum absolute atomic E-state index is 0.125. The first-order chi connectivity index (χ1) is 8.56. The molecule has 2 aromatic heterocycles. The predicted molar refractivity (Wildman–Crippen MR) is 68.2 cm³/mol. The van der Waals surface area contributed by atoms with Crippen molar-refractivity contribution in [1.29, 1.82) is 0 Å². The molecule has 0 aliphatic heterocycles. The van der Waals surface area contributed by atoms with Crippen molar-refractivity contribution in [1.82, 2.24) is 15.0 Å². The average molecular weight is 248 g/mol. The summed E-state index contributed by atoms with van der Waals surface area (Å²) < 4.78 is 13.1. The van der Waals surface area contributed by atoms with Crippen LogP contribution in [0.1, 0.15) is 32.1 Å². The van der Waals surface area contributed by atoms with E-state index in [-0.39, 0.29) is 11.9 Å². The second kappa shape index (κ2) is 5.27. The van der Waals surface area contributed by atoms with Gasteiger partial charge < -0.3 is 10.7 Å². The zero-order valence-electron chi connectivity index (χ0n) is 10.5. The number of pyridine rings is 1. The number of rotatable bonds is 4. The molecule has 0 aliphatic rings. The Labute approximate surface area is 105 Å². The van der Waals surface area contributed by atoms with Crippen LogP contribution in [0.2, 0.25) is 0 Å². The smallest absolute Gasteiger partial charge is 0.142 e. The summed E-state index contributed by atoms with van der Waals surface area (Å²) in [5, 5.41) is 0. The van der Waals surface area contributed by atoms with Crippen molar-refractivity contribution in [3.63, 3.8) is 0 Å². The maximum atomic E-state index is 13.1. The zero-order valence-corrected chi connectivity index (χ0v) is 10.5. The van der Waals surface area contributed by atoms with Gasteiger partial charge in [-0.05, 0) is 18.4 Å². The lowest BCUT2D eigenvalue weighted by Gasteiger charge is -2.10. The molecule has 0 aromatic carbocycles. The second-order valence-corrected chi connectivity index (χ2v) is 4.81. The summed E-state index contributed by atoms with van der Waals surface area (Å²) in [4.78, 5) is 11.2. The van der Waals surface area contributed by atoms with Crippen LogP contribution in [0.15, 0.2) is 24.7 Å². The fraction of sp³-hybridized carbons (Fsp3) is 0.385. The van der Waals surface area contributed by atoms with E-state index in [4.69, 9.17) is 5.73 Å². The highest BCUT2D eigenvalue weighted by Gasteiger charge is 2.12. The third-order valence-electron chi connectivity index (χ3n) is 2.69. The van der Waals surface area contributed by atoms with Gasteiger partial charge in [-0.3, -0.25) is 4.98 Å². The van der Waals surface area contributed by atoms with E-state index >= 15 is 0 Å². The molecular formula is C13H17FN4. The fourth-order valence-electron chi connectivity index (χ4n) is 1.85. The van der Waals surface area contributed by atoms with Crippen LogP contribution in [0.25, 0.3) is 11.3 Å². The standard InChI is InChI=1S/C13H17FN4/c1-8(2)3-11(15)13-17-7-12(18-13)9-4-10(14)6-16-5-9/h4-8,11H,3,15H2,1-2H3,(H,17,18). The molecule has 3 N–H and O–H groups in total. The number of H-pyrrole nitrogens is 1. The van der Waals surface area contributed by atoms with E-state index in [0.717, 1.165) is 17.9 Å². The van der Waals surface area contributed by atoms with Crippen LogP contribution in [0, 0.1) is 11.7 Å². The molecule has 1 unspecified atom stereocenters. The van der Waals surface area contributed by atoms with E-state index in [1.165, 1.54) is 12.3 Å². The molecule has 2 aromatic rings. The lowest BCUT2D eigenvalue weighted by Crippen LogP contribution is -2.14. The number of nitrogens with two attached hydrogens (primary N) is 1. The van der Waals surface area contributed by atoms with E-state index in [1.807, 2.05) is 0 Å². The third-order valence-corrected chi connectivity index (χ3v) is 2.69. The Bertz CT molecular complexity index is 521. The summed E-state index contributed by atoms with van der Waals surface area (Å²) in [6, 6.07) is 1.29. The van der Waals surface area contributed by atoms with E-state index in [1.54, 1.807) is 12.4 Å². The number of imidazole rings is 1. The SMILES string of the molecule is CC(C)CC(N)c1ncc(-c2cncc(F)c2)[nH]1. The Hall–Kier alpha value is -1.75. The fourth-order valence-corrected chi connectivity index (χ4v) is 1.85. The van der Waals surface area contributed by atoms with Crippen LogP contribution in [0.4, 0.5) is 4.39 Å². The van der Waals surface area contributed by atoms with Crippen LogP contribution in [-0.4, -0.2) is 15.0 Å². The van der Waals surface area contributed by atoms with Gasteiger partial charge in [0.05, 0.1) is 24.1 Å². The summed E-state index contributed by atoms with van der Waals surface area (Å²) in [7, 11) is 0. The Balaban J connectivity index is 2.20. The Morgan fingerprint density at radius 1 is 1.33 bits per heavy atom. The van der Waals surface area contributed by atoms with Crippen molar-refractivity contribution in [3.8, 4) is 11.3 Å². The number of nitrogens with zero attached hydrogens (tertiary/aromatic N) is 2. The van der Waals surface area contributed by atoms with Gasteiger partial charge in [-0.1, -0.05) is 13.8 Å². The number of halogens is 1. The van der Waals surface area contributed by atoms with Gasteiger partial charge in [0, 0.05) is 11.8 Å². The first-order valence-electron chi connectivity index (χ1n) is 5.97. The number of nitrogens with one attached hydrogen (secondary N) is 1. The van der Waals surface area contributed by atoms with Gasteiger partial charge in [0.1, 0.15) is 11.6 Å². The maximum Gasteiger partial charge on any atom is 0.142 e. The molecule has 0 radical (unpaired) electrons. The van der Waals surface area contributed by atoms with Gasteiger partial charge in [0.25, 0.3) is 0 Å². The first kappa shape index (κ1) is 12.7. The largest absolute Gasteiger partial charge is 0.341 e. The number of hydrogen-bond donors (Lipinski definition) is 2. The molecule has 2 rings (SSSR count). The van der Waals surface area contributed by atoms with Crippen molar-refractivity contribution in [2.24, 2.45) is 11.7 Å². The highest BCUT2D eigenvalue weighted by Crippen LogP contribution is 2.21. The summed E-state index contributed by atoms with van der Waals surface area (Å²) in [6.07, 6.45) is 5.28. The molecule has 0 amide bonds. The van der Waals surface area contributed by atoms with Crippen molar-refractivity contribution in [3.05, 3.63) is 36.3 Å². The molecule has 4 nitrogen and oxygen atoms in total. The van der Waals surface area contributed by atoms with Crippen LogP contribution in [0.5, 0.6) is 0 Å². The topological polar surface area (TPSA) is 67.6 Å². The van der Waals surface area contributed by atoms with Gasteiger partial charge in [-0.2, -0.15) is 0 Å². The minimum atomic E-state index is -0.366. The number of aromatic amines is 1. The van der Waals surface area contributed by atoms with E-state index in [9.17, 15) is 4.39 Å². The predicted octanol–water partition coefficient (Wildman–Crippen LogP) is 2.66. The number of hydrogen-bond acceptors (Lipinski definition) is 3. The second-order valence-electron chi connectivity index (χ2n) is 4.81. The average Bonchev–Trinajstić information content (AvgIpc) is 2.77. The molecule has 0 aliphatic carbocycles. The molecular weight excluding hydrogens is 231 g/mol. The van der Waals surface area contributed by atoms with Crippen LogP contribution < -0.4 is 5.73 Å². The van der Waals surface area contributed by atoms with Gasteiger partial charge in [0.2, 0.25) is 0 Å². The molecule has 0 saturated carbocycles. The molecule has 96 valence electrons. The summed E-state index contributed by atoms with van der Waals surface area (Å²) >= 11 is 0. The van der Waals surface area contributed by atoms with Gasteiger partial charge >= 0.3 is 0 Å². The molecule has 0 bridgehead atoms. The monoisotopic (exact) mass is 248 g/mol. The van der Waals surface area contributed by atoms with Crippen molar-refractivity contribution in [2.45, 2.75) is 26.3 Å². The maximum absolute atomic E-state index is 13.1. The lowest BCUT2D eigenvalue weighted by molar-refractivity contribution is 0.496. The van der Waals surface area contributed by atoms with Gasteiger partial charge in [-0.25, -0.2) is 9.37 Å². The Kier molecular flexibility index (Phi) is 3.72. The zero-order chi connectivity index (χ0) is 13.1. The van der Waals surface area contributed by atoms with E-state index in [0.29, 0.717) is 11.5 Å². The quantitative estimate of drug-likeness (QED) is 0.874. The molecule has 2 heterocycles. The van der Waals surface area contributed by atoms with E-state index in [2.05, 4.69) is 28.8 Å². The summed E-state index contributed by atoms with van der Waals surface area (Å²) in [6.45, 7) is 4.22. The lowest BCUT2D eigenvalue weighted by atomic mass is 10.0. The highest BCUT2D eigenvalue weighted by molar-refractivity contribution is 5.57. The van der Waals surface area contributed by atoms with Crippen molar-refractivity contribution < 1.29 is 4.39 Å². The molecule has 5 heteroatoms. The molecule has 0 fully saturated rings. The van der Waals surface area contributed by atoms with Crippen molar-refractivity contribution in [2.75, 3.05) is 0 Å². The number of aromatic nitrogens is 3. The Morgan fingerprint density at radius 2 is 2.11 bits per heavy atom. The highest BCUT2D eigenvalue weighted by atomic mass is 19.1. The van der Waals surface area contributed by atoms with Gasteiger partial charge in [-0.15, -0.1) is 0 Å². The minimum Gasteiger partial charge on any atom is -0.341 e. The normalized spacial score (nSPS) is 12.9. The van der Waals surface area contributed by atoms with Crippen LogP contribution in [0.3, 0.4) is 0 Å². The molecule has 0 saturated heterocycles. The van der Waals surface area contributed by atoms with Crippen LogP contribution >= 0.6 is 0 Å². The Morgan fingerprint density at radius 3 is 2.78 bits per heavy atom.